The maximum absolute atomic E-state index is 13.3. The van der Waals surface area contributed by atoms with E-state index >= 15 is 0 Å². The minimum Gasteiger partial charge on any atom is -0.494 e. The Morgan fingerprint density at radius 3 is 2.67 bits per heavy atom. The van der Waals surface area contributed by atoms with Crippen LogP contribution in [-0.2, 0) is 6.54 Å². The van der Waals surface area contributed by atoms with Crippen LogP contribution in [0.1, 0.15) is 19.4 Å². The molecule has 0 aliphatic carbocycles. The monoisotopic (exact) mass is 289 g/mol. The van der Waals surface area contributed by atoms with Crippen LogP contribution in [0.25, 0.3) is 0 Å². The van der Waals surface area contributed by atoms with Gasteiger partial charge >= 0.3 is 0 Å². The van der Waals surface area contributed by atoms with Crippen molar-refractivity contribution in [2.24, 2.45) is 0 Å². The van der Waals surface area contributed by atoms with Crippen molar-refractivity contribution in [3.05, 3.63) is 53.8 Å². The van der Waals surface area contributed by atoms with E-state index in [0.29, 0.717) is 6.54 Å². The van der Waals surface area contributed by atoms with Crippen molar-refractivity contribution in [2.45, 2.75) is 26.5 Å². The summed E-state index contributed by atoms with van der Waals surface area (Å²) in [5, 5.41) is 3.24. The van der Waals surface area contributed by atoms with Crippen molar-refractivity contribution in [3.63, 3.8) is 0 Å². The van der Waals surface area contributed by atoms with Gasteiger partial charge in [0.15, 0.2) is 11.6 Å². The Morgan fingerprint density at radius 2 is 1.95 bits per heavy atom. The van der Waals surface area contributed by atoms with Gasteiger partial charge in [0, 0.05) is 18.3 Å². The summed E-state index contributed by atoms with van der Waals surface area (Å²) in [5.41, 5.74) is 1.90. The minimum atomic E-state index is -0.365. The first-order valence-corrected chi connectivity index (χ1v) is 6.91. The Bertz CT molecular complexity index is 599. The molecule has 0 spiro atoms. The molecular formula is C17H20FNO2. The lowest BCUT2D eigenvalue weighted by atomic mass is 10.2. The van der Waals surface area contributed by atoms with E-state index in [-0.39, 0.29) is 17.7 Å². The molecule has 4 heteroatoms. The highest BCUT2D eigenvalue weighted by atomic mass is 19.1. The van der Waals surface area contributed by atoms with Crippen molar-refractivity contribution < 1.29 is 13.9 Å². The summed E-state index contributed by atoms with van der Waals surface area (Å²) in [7, 11) is 1.45. The Morgan fingerprint density at radius 1 is 1.14 bits per heavy atom. The molecule has 112 valence electrons. The highest BCUT2D eigenvalue weighted by Gasteiger charge is 2.04. The van der Waals surface area contributed by atoms with Crippen LogP contribution in [0.3, 0.4) is 0 Å². The van der Waals surface area contributed by atoms with Gasteiger partial charge in [0.25, 0.3) is 0 Å². The Balaban J connectivity index is 2.02. The fraction of sp³-hybridized carbons (Fsp3) is 0.294. The van der Waals surface area contributed by atoms with Gasteiger partial charge in [0.2, 0.25) is 0 Å². The molecule has 0 aliphatic rings. The molecule has 1 N–H and O–H groups in total. The molecule has 0 unspecified atom stereocenters. The number of nitrogens with one attached hydrogen (secondary N) is 1. The fourth-order valence-corrected chi connectivity index (χ4v) is 1.97. The first-order valence-electron chi connectivity index (χ1n) is 6.91. The number of anilines is 1. The van der Waals surface area contributed by atoms with Gasteiger partial charge < -0.3 is 14.8 Å². The molecule has 0 saturated heterocycles. The minimum absolute atomic E-state index is 0.148. The average molecular weight is 289 g/mol. The SMILES string of the molecule is COc1cc(NCc2cccc(OC(C)C)c2)ccc1F. The van der Waals surface area contributed by atoms with Gasteiger partial charge in [-0.3, -0.25) is 0 Å². The van der Waals surface area contributed by atoms with Crippen LogP contribution in [0.5, 0.6) is 11.5 Å². The number of halogens is 1. The van der Waals surface area contributed by atoms with Crippen LogP contribution in [0.2, 0.25) is 0 Å². The summed E-state index contributed by atoms with van der Waals surface area (Å²) in [5.74, 6) is 0.716. The molecule has 0 aromatic heterocycles. The Hall–Kier alpha value is -2.23. The second-order valence-electron chi connectivity index (χ2n) is 5.02. The third-order valence-electron chi connectivity index (χ3n) is 2.92. The van der Waals surface area contributed by atoms with Gasteiger partial charge in [0.05, 0.1) is 13.2 Å². The molecule has 2 rings (SSSR count). The molecule has 0 aliphatic heterocycles. The summed E-state index contributed by atoms with van der Waals surface area (Å²) >= 11 is 0. The number of hydrogen-bond donors (Lipinski definition) is 1. The molecule has 21 heavy (non-hydrogen) atoms. The normalized spacial score (nSPS) is 10.5. The molecule has 3 nitrogen and oxygen atoms in total. The first kappa shape index (κ1) is 15.2. The van der Waals surface area contributed by atoms with Crippen LogP contribution < -0.4 is 14.8 Å². The zero-order valence-electron chi connectivity index (χ0n) is 12.5. The lowest BCUT2D eigenvalue weighted by Gasteiger charge is -2.12. The molecule has 0 atom stereocenters. The second-order valence-corrected chi connectivity index (χ2v) is 5.02. The molecule has 0 bridgehead atoms. The molecule has 0 fully saturated rings. The fourth-order valence-electron chi connectivity index (χ4n) is 1.97. The highest BCUT2D eigenvalue weighted by Crippen LogP contribution is 2.22. The van der Waals surface area contributed by atoms with E-state index in [4.69, 9.17) is 9.47 Å². The average Bonchev–Trinajstić information content (AvgIpc) is 2.46. The summed E-state index contributed by atoms with van der Waals surface area (Å²) in [6.45, 7) is 4.62. The van der Waals surface area contributed by atoms with Crippen molar-refractivity contribution >= 4 is 5.69 Å². The van der Waals surface area contributed by atoms with Crippen LogP contribution in [0.4, 0.5) is 10.1 Å². The number of methoxy groups -OCH3 is 1. The van der Waals surface area contributed by atoms with Gasteiger partial charge in [0.1, 0.15) is 5.75 Å². The lowest BCUT2D eigenvalue weighted by molar-refractivity contribution is 0.242. The largest absolute Gasteiger partial charge is 0.494 e. The van der Waals surface area contributed by atoms with E-state index in [1.54, 1.807) is 12.1 Å². The van der Waals surface area contributed by atoms with E-state index in [0.717, 1.165) is 17.0 Å². The quantitative estimate of drug-likeness (QED) is 0.863. The van der Waals surface area contributed by atoms with Crippen molar-refractivity contribution in [1.29, 1.82) is 0 Å². The number of benzene rings is 2. The third-order valence-corrected chi connectivity index (χ3v) is 2.92. The number of rotatable bonds is 6. The topological polar surface area (TPSA) is 30.5 Å². The second kappa shape index (κ2) is 6.97. The summed E-state index contributed by atoms with van der Waals surface area (Å²) < 4.78 is 24.0. The highest BCUT2D eigenvalue weighted by molar-refractivity contribution is 5.49. The van der Waals surface area contributed by atoms with Crippen LogP contribution in [0.15, 0.2) is 42.5 Å². The molecule has 2 aromatic rings. The maximum atomic E-state index is 13.3. The van der Waals surface area contributed by atoms with Crippen molar-refractivity contribution in [1.82, 2.24) is 0 Å². The Kier molecular flexibility index (Phi) is 5.04. The van der Waals surface area contributed by atoms with Crippen LogP contribution in [0, 0.1) is 5.82 Å². The summed E-state index contributed by atoms with van der Waals surface area (Å²) in [6, 6.07) is 12.6. The molecule has 2 aromatic carbocycles. The van der Waals surface area contributed by atoms with Gasteiger partial charge in [-0.15, -0.1) is 0 Å². The van der Waals surface area contributed by atoms with Crippen molar-refractivity contribution in [2.75, 3.05) is 12.4 Å². The third kappa shape index (κ3) is 4.38. The van der Waals surface area contributed by atoms with E-state index in [2.05, 4.69) is 5.32 Å². The van der Waals surface area contributed by atoms with Crippen LogP contribution in [-0.4, -0.2) is 13.2 Å². The predicted octanol–water partition coefficient (Wildman–Crippen LogP) is 4.23. The molecular weight excluding hydrogens is 269 g/mol. The first-order chi connectivity index (χ1) is 10.1. The molecule has 0 amide bonds. The number of ether oxygens (including phenoxy) is 2. The lowest BCUT2D eigenvalue weighted by Crippen LogP contribution is -2.06. The van der Waals surface area contributed by atoms with Crippen molar-refractivity contribution in [3.8, 4) is 11.5 Å². The van der Waals surface area contributed by atoms with Gasteiger partial charge in [-0.2, -0.15) is 0 Å². The molecule has 0 heterocycles. The van der Waals surface area contributed by atoms with Gasteiger partial charge in [-0.1, -0.05) is 12.1 Å². The standard InChI is InChI=1S/C17H20FNO2/c1-12(2)21-15-6-4-5-13(9-15)11-19-14-7-8-16(18)17(10-14)20-3/h4-10,12,19H,11H2,1-3H3. The van der Waals surface area contributed by atoms with E-state index in [1.165, 1.54) is 13.2 Å². The molecule has 0 saturated carbocycles. The zero-order valence-corrected chi connectivity index (χ0v) is 12.5. The summed E-state index contributed by atoms with van der Waals surface area (Å²) in [6.07, 6.45) is 0.148. The zero-order chi connectivity index (χ0) is 15.2. The Labute approximate surface area is 124 Å². The van der Waals surface area contributed by atoms with Gasteiger partial charge in [-0.25, -0.2) is 4.39 Å². The summed E-state index contributed by atoms with van der Waals surface area (Å²) in [4.78, 5) is 0. The van der Waals surface area contributed by atoms with Gasteiger partial charge in [-0.05, 0) is 43.7 Å². The van der Waals surface area contributed by atoms with E-state index in [1.807, 2.05) is 38.1 Å². The van der Waals surface area contributed by atoms with Crippen LogP contribution >= 0.6 is 0 Å². The number of hydrogen-bond acceptors (Lipinski definition) is 3. The maximum Gasteiger partial charge on any atom is 0.165 e. The molecule has 0 radical (unpaired) electrons. The predicted molar refractivity (Wildman–Crippen MR) is 82.5 cm³/mol. The van der Waals surface area contributed by atoms with E-state index < -0.39 is 0 Å². The van der Waals surface area contributed by atoms with E-state index in [9.17, 15) is 4.39 Å². The smallest absolute Gasteiger partial charge is 0.165 e.